The minimum absolute atomic E-state index is 0.222. The number of aromatic nitrogens is 2. The maximum absolute atomic E-state index is 9.74. The van der Waals surface area contributed by atoms with Crippen LogP contribution in [0.3, 0.4) is 0 Å². The van der Waals surface area contributed by atoms with Gasteiger partial charge in [0, 0.05) is 49.4 Å². The van der Waals surface area contributed by atoms with Crippen molar-refractivity contribution in [1.29, 1.82) is 0 Å². The van der Waals surface area contributed by atoms with Crippen LogP contribution in [0.25, 0.3) is 20.7 Å². The molecule has 3 heterocycles. The third-order valence-electron chi connectivity index (χ3n) is 5.63. The Morgan fingerprint density at radius 3 is 2.68 bits per heavy atom. The van der Waals surface area contributed by atoms with Crippen LogP contribution in [-0.2, 0) is 6.54 Å². The number of nitrogens with one attached hydrogen (secondary N) is 1. The fourth-order valence-electron chi connectivity index (χ4n) is 3.89. The van der Waals surface area contributed by atoms with Crippen LogP contribution in [0.1, 0.15) is 5.56 Å². The second kappa shape index (κ2) is 8.63. The molecular weight excluding hydrogens is 406 g/mol. The minimum atomic E-state index is 0.222. The van der Waals surface area contributed by atoms with E-state index in [0.29, 0.717) is 0 Å². The third kappa shape index (κ3) is 4.54. The molecule has 0 atom stereocenters. The number of hydrogen-bond acceptors (Lipinski definition) is 7. The number of anilines is 2. The molecule has 0 aliphatic carbocycles. The topological polar surface area (TPSA) is 64.5 Å². The first-order chi connectivity index (χ1) is 15.1. The lowest BCUT2D eigenvalue weighted by molar-refractivity contribution is 0.148. The van der Waals surface area contributed by atoms with Crippen molar-refractivity contribution in [1.82, 2.24) is 19.8 Å². The monoisotopic (exact) mass is 431 g/mol. The summed E-state index contributed by atoms with van der Waals surface area (Å²) in [5.41, 5.74) is 4.26. The predicted octanol–water partition coefficient (Wildman–Crippen LogP) is 4.55. The van der Waals surface area contributed by atoms with E-state index in [1.807, 2.05) is 12.1 Å². The first-order valence-corrected chi connectivity index (χ1v) is 11.3. The number of aromatic hydroxyl groups is 1. The summed E-state index contributed by atoms with van der Waals surface area (Å²) in [5, 5.41) is 13.0. The Bertz CT molecular complexity index is 1200. The average molecular weight is 432 g/mol. The summed E-state index contributed by atoms with van der Waals surface area (Å²) in [7, 11) is 2.19. The van der Waals surface area contributed by atoms with Gasteiger partial charge in [0.25, 0.3) is 0 Å². The van der Waals surface area contributed by atoms with Gasteiger partial charge in [-0.15, -0.1) is 11.3 Å². The van der Waals surface area contributed by atoms with Crippen LogP contribution in [0.5, 0.6) is 5.75 Å². The molecule has 0 amide bonds. The van der Waals surface area contributed by atoms with Gasteiger partial charge >= 0.3 is 0 Å². The Hall–Kier alpha value is -3.00. The summed E-state index contributed by atoms with van der Waals surface area (Å²) in [5.74, 6) is 0.972. The lowest BCUT2D eigenvalue weighted by Crippen LogP contribution is -2.43. The highest BCUT2D eigenvalue weighted by molar-refractivity contribution is 7.22. The number of nitrogens with zero attached hydrogens (tertiary/aromatic N) is 4. The molecule has 158 valence electrons. The zero-order valence-electron chi connectivity index (χ0n) is 17.5. The smallest absolute Gasteiger partial charge is 0.151 e. The quantitative estimate of drug-likeness (QED) is 0.483. The summed E-state index contributed by atoms with van der Waals surface area (Å²) in [4.78, 5) is 15.0. The molecule has 6 nitrogen and oxygen atoms in total. The van der Waals surface area contributed by atoms with Crippen molar-refractivity contribution in [2.75, 3.05) is 38.5 Å². The van der Waals surface area contributed by atoms with Gasteiger partial charge in [0.2, 0.25) is 0 Å². The molecule has 0 radical (unpaired) electrons. The van der Waals surface area contributed by atoms with Gasteiger partial charge in [-0.2, -0.15) is 0 Å². The maximum atomic E-state index is 9.74. The van der Waals surface area contributed by atoms with E-state index in [1.54, 1.807) is 29.8 Å². The SMILES string of the molecule is CN1CCN(Cc2cccc(-c3cc4ncnc(Nc5cccc(O)c5)c4s3)c2)CC1. The summed E-state index contributed by atoms with van der Waals surface area (Å²) >= 11 is 1.69. The Morgan fingerprint density at radius 2 is 1.84 bits per heavy atom. The molecule has 2 N–H and O–H groups in total. The number of fused-ring (bicyclic) bond motifs is 1. The molecule has 0 bridgehead atoms. The highest BCUT2D eigenvalue weighted by Gasteiger charge is 2.15. The van der Waals surface area contributed by atoms with E-state index in [2.05, 4.69) is 62.5 Å². The molecular formula is C24H25N5OS. The Balaban J connectivity index is 1.40. The van der Waals surface area contributed by atoms with Crippen LogP contribution in [0.4, 0.5) is 11.5 Å². The van der Waals surface area contributed by atoms with Gasteiger partial charge in [-0.05, 0) is 42.4 Å². The second-order valence-corrected chi connectivity index (χ2v) is 9.05. The number of hydrogen-bond donors (Lipinski definition) is 2. The molecule has 0 saturated carbocycles. The lowest BCUT2D eigenvalue weighted by atomic mass is 10.1. The predicted molar refractivity (Wildman–Crippen MR) is 127 cm³/mol. The van der Waals surface area contributed by atoms with Crippen LogP contribution in [0, 0.1) is 0 Å². The van der Waals surface area contributed by atoms with Gasteiger partial charge in [0.05, 0.1) is 10.2 Å². The van der Waals surface area contributed by atoms with Crippen LogP contribution >= 0.6 is 11.3 Å². The standard InChI is InChI=1S/C24H25N5OS/c1-28-8-10-29(11-9-28)15-17-4-2-5-18(12-17)22-14-21-23(31-22)24(26-16-25-21)27-19-6-3-7-20(30)13-19/h2-7,12-14,16,30H,8-11,15H2,1H3,(H,25,26,27). The van der Waals surface area contributed by atoms with Crippen molar-refractivity contribution in [3.05, 3.63) is 66.5 Å². The van der Waals surface area contributed by atoms with Crippen LogP contribution in [-0.4, -0.2) is 58.1 Å². The fraction of sp³-hybridized carbons (Fsp3) is 0.250. The highest BCUT2D eigenvalue weighted by atomic mass is 32.1. The lowest BCUT2D eigenvalue weighted by Gasteiger charge is -2.32. The minimum Gasteiger partial charge on any atom is -0.508 e. The van der Waals surface area contributed by atoms with E-state index in [0.717, 1.165) is 54.4 Å². The van der Waals surface area contributed by atoms with Crippen LogP contribution in [0.2, 0.25) is 0 Å². The molecule has 0 unspecified atom stereocenters. The number of piperazine rings is 1. The largest absolute Gasteiger partial charge is 0.508 e. The molecule has 1 aliphatic heterocycles. The molecule has 0 spiro atoms. The number of phenols is 1. The molecule has 1 aliphatic rings. The summed E-state index contributed by atoms with van der Waals surface area (Å²) in [6, 6.07) is 18.0. The van der Waals surface area contributed by atoms with Crippen LogP contribution < -0.4 is 5.32 Å². The zero-order chi connectivity index (χ0) is 21.2. The van der Waals surface area contributed by atoms with Gasteiger partial charge in [0.15, 0.2) is 5.82 Å². The third-order valence-corrected chi connectivity index (χ3v) is 6.81. The van der Waals surface area contributed by atoms with Gasteiger partial charge in [0.1, 0.15) is 12.1 Å². The van der Waals surface area contributed by atoms with E-state index < -0.39 is 0 Å². The Kier molecular flexibility index (Phi) is 5.55. The summed E-state index contributed by atoms with van der Waals surface area (Å²) in [6.07, 6.45) is 1.58. The summed E-state index contributed by atoms with van der Waals surface area (Å²) in [6.45, 7) is 5.47. The van der Waals surface area contributed by atoms with Gasteiger partial charge in [-0.1, -0.05) is 24.3 Å². The number of phenolic OH excluding ortho intramolecular Hbond substituents is 1. The summed E-state index contributed by atoms with van der Waals surface area (Å²) < 4.78 is 1.00. The van der Waals surface area contributed by atoms with Crippen LogP contribution in [0.15, 0.2) is 60.9 Å². The van der Waals surface area contributed by atoms with Crippen molar-refractivity contribution in [2.24, 2.45) is 0 Å². The molecule has 4 aromatic rings. The van der Waals surface area contributed by atoms with E-state index in [-0.39, 0.29) is 5.75 Å². The second-order valence-electron chi connectivity index (χ2n) is 8.00. The van der Waals surface area contributed by atoms with E-state index in [9.17, 15) is 5.11 Å². The normalized spacial score (nSPS) is 15.4. The number of benzene rings is 2. The first kappa shape index (κ1) is 19.9. The Labute approximate surface area is 185 Å². The molecule has 2 aromatic heterocycles. The molecule has 2 aromatic carbocycles. The highest BCUT2D eigenvalue weighted by Crippen LogP contribution is 2.37. The number of thiophene rings is 1. The van der Waals surface area contributed by atoms with E-state index in [1.165, 1.54) is 16.0 Å². The molecule has 5 rings (SSSR count). The maximum Gasteiger partial charge on any atom is 0.151 e. The van der Waals surface area contributed by atoms with Gasteiger partial charge in [-0.3, -0.25) is 4.90 Å². The Morgan fingerprint density at radius 1 is 1.00 bits per heavy atom. The van der Waals surface area contributed by atoms with Crippen molar-refractivity contribution in [3.8, 4) is 16.2 Å². The van der Waals surface area contributed by atoms with Crippen molar-refractivity contribution in [2.45, 2.75) is 6.54 Å². The van der Waals surface area contributed by atoms with Gasteiger partial charge in [-0.25, -0.2) is 9.97 Å². The average Bonchev–Trinajstić information content (AvgIpc) is 3.21. The number of rotatable bonds is 5. The van der Waals surface area contributed by atoms with E-state index in [4.69, 9.17) is 0 Å². The number of likely N-dealkylation sites (N-methyl/N-ethyl adjacent to an activating group) is 1. The fourth-order valence-corrected chi connectivity index (χ4v) is 4.95. The molecule has 7 heteroatoms. The van der Waals surface area contributed by atoms with Crippen molar-refractivity contribution >= 4 is 33.1 Å². The zero-order valence-corrected chi connectivity index (χ0v) is 18.3. The van der Waals surface area contributed by atoms with Crippen molar-refractivity contribution in [3.63, 3.8) is 0 Å². The molecule has 1 saturated heterocycles. The van der Waals surface area contributed by atoms with Crippen molar-refractivity contribution < 1.29 is 5.11 Å². The van der Waals surface area contributed by atoms with Gasteiger partial charge < -0.3 is 15.3 Å². The van der Waals surface area contributed by atoms with E-state index >= 15 is 0 Å². The first-order valence-electron chi connectivity index (χ1n) is 10.4. The molecule has 1 fully saturated rings. The molecule has 31 heavy (non-hydrogen) atoms.